The molecule has 0 heterocycles. The van der Waals surface area contributed by atoms with Crippen LogP contribution in [-0.4, -0.2) is 82.3 Å². The first-order chi connectivity index (χ1) is 38.6. The van der Waals surface area contributed by atoms with Crippen LogP contribution in [0.5, 0.6) is 0 Å². The number of nitrogens with zero attached hydrogens (tertiary/aromatic N) is 1. The molecule has 79 heavy (non-hydrogen) atoms. The van der Waals surface area contributed by atoms with E-state index in [0.29, 0.717) is 17.4 Å². The van der Waals surface area contributed by atoms with Gasteiger partial charge in [0.15, 0.2) is 12.4 Å². The van der Waals surface area contributed by atoms with Crippen LogP contribution in [0.2, 0.25) is 0 Å². The predicted molar refractivity (Wildman–Crippen MR) is 334 cm³/mol. The van der Waals surface area contributed by atoms with Crippen molar-refractivity contribution in [3.8, 4) is 0 Å². The Labute approximate surface area is 487 Å². The molecule has 0 aromatic rings. The van der Waals surface area contributed by atoms with Gasteiger partial charge in [0.1, 0.15) is 13.2 Å². The van der Waals surface area contributed by atoms with Crippen LogP contribution in [0.1, 0.15) is 296 Å². The second kappa shape index (κ2) is 60.8. The summed E-state index contributed by atoms with van der Waals surface area (Å²) >= 11 is 0. The van der Waals surface area contributed by atoms with Gasteiger partial charge in [0, 0.05) is 12.8 Å². The third-order valence-corrected chi connectivity index (χ3v) is 14.4. The fourth-order valence-corrected chi connectivity index (χ4v) is 9.38. The van der Waals surface area contributed by atoms with Gasteiger partial charge in [0.05, 0.1) is 40.3 Å². The largest absolute Gasteiger partial charge is 0.545 e. The van der Waals surface area contributed by atoms with Gasteiger partial charge in [-0.25, -0.2) is 0 Å². The van der Waals surface area contributed by atoms with Gasteiger partial charge < -0.3 is 33.3 Å². The summed E-state index contributed by atoms with van der Waals surface area (Å²) in [7, 11) is 5.93. The van der Waals surface area contributed by atoms with Crippen LogP contribution in [-0.2, 0) is 33.3 Å². The molecule has 0 aromatic carbocycles. The number of allylic oxidation sites excluding steroid dienone is 12. The van der Waals surface area contributed by atoms with Crippen LogP contribution in [0.4, 0.5) is 0 Å². The van der Waals surface area contributed by atoms with Crippen LogP contribution in [0.15, 0.2) is 72.9 Å². The van der Waals surface area contributed by atoms with E-state index in [4.69, 9.17) is 18.9 Å². The molecule has 0 saturated carbocycles. The summed E-state index contributed by atoms with van der Waals surface area (Å²) < 4.78 is 22.8. The molecule has 0 amide bonds. The minimum Gasteiger partial charge on any atom is -0.545 e. The first-order valence-electron chi connectivity index (χ1n) is 33.1. The fourth-order valence-electron chi connectivity index (χ4n) is 9.38. The third kappa shape index (κ3) is 62.2. The molecule has 9 nitrogen and oxygen atoms in total. The number of carbonyl (C=O) groups is 3. The van der Waals surface area contributed by atoms with Gasteiger partial charge in [0.2, 0.25) is 0 Å². The minimum atomic E-state index is -1.62. The Morgan fingerprint density at radius 1 is 0.392 bits per heavy atom. The van der Waals surface area contributed by atoms with Crippen molar-refractivity contribution >= 4 is 17.9 Å². The quantitative estimate of drug-likeness (QED) is 0.0195. The SMILES string of the molecule is CC/C=C\C/C=C\C/C=C\C/C=C\CCCCCCCCCCCCCCCCCCCCCCC(=O)OC(COC(=O)CCCCCCCCCCC/C=C\C/C=C\CCCCCCC)COC(OCC[N+](C)(C)C)C(=O)[O-]. The number of carboxylic acid groups (broad SMARTS) is 1. The maximum Gasteiger partial charge on any atom is 0.306 e. The molecule has 2 unspecified atom stereocenters. The number of likely N-dealkylation sites (N-methyl/N-ethyl adjacent to an activating group) is 1. The minimum absolute atomic E-state index is 0.147. The lowest BCUT2D eigenvalue weighted by Crippen LogP contribution is -2.44. The summed E-state index contributed by atoms with van der Waals surface area (Å²) in [5, 5.41) is 11.8. The van der Waals surface area contributed by atoms with Gasteiger partial charge >= 0.3 is 11.9 Å². The Bertz CT molecular complexity index is 1520. The van der Waals surface area contributed by atoms with E-state index in [1.54, 1.807) is 0 Å². The second-order valence-corrected chi connectivity index (χ2v) is 23.4. The zero-order valence-corrected chi connectivity index (χ0v) is 52.2. The monoisotopic (exact) mass is 1110 g/mol. The molecule has 0 aliphatic carbocycles. The predicted octanol–water partition coefficient (Wildman–Crippen LogP) is 18.8. The van der Waals surface area contributed by atoms with Crippen LogP contribution < -0.4 is 5.11 Å². The number of esters is 2. The lowest BCUT2D eigenvalue weighted by molar-refractivity contribution is -0.870. The molecule has 0 N–H and O–H groups in total. The molecule has 9 heteroatoms. The second-order valence-electron chi connectivity index (χ2n) is 23.4. The van der Waals surface area contributed by atoms with Crippen molar-refractivity contribution < 1.29 is 42.9 Å². The molecular formula is C70H125NO8. The first-order valence-corrected chi connectivity index (χ1v) is 33.1. The Morgan fingerprint density at radius 2 is 0.722 bits per heavy atom. The van der Waals surface area contributed by atoms with Crippen LogP contribution in [0.3, 0.4) is 0 Å². The van der Waals surface area contributed by atoms with Gasteiger partial charge in [-0.15, -0.1) is 0 Å². The zero-order valence-electron chi connectivity index (χ0n) is 52.2. The molecule has 0 aliphatic rings. The molecular weight excluding hydrogens is 983 g/mol. The number of quaternary nitrogens is 1. The average molecular weight is 1110 g/mol. The lowest BCUT2D eigenvalue weighted by Gasteiger charge is -2.26. The average Bonchev–Trinajstić information content (AvgIpc) is 3.42. The summed E-state index contributed by atoms with van der Waals surface area (Å²) in [5.74, 6) is -2.27. The summed E-state index contributed by atoms with van der Waals surface area (Å²) in [4.78, 5) is 37.4. The molecule has 458 valence electrons. The summed E-state index contributed by atoms with van der Waals surface area (Å²) in [5.41, 5.74) is 0. The third-order valence-electron chi connectivity index (χ3n) is 14.4. The van der Waals surface area contributed by atoms with Crippen molar-refractivity contribution in [3.63, 3.8) is 0 Å². The number of carbonyl (C=O) groups excluding carboxylic acids is 3. The highest BCUT2D eigenvalue weighted by Crippen LogP contribution is 2.17. The number of hydrogen-bond acceptors (Lipinski definition) is 8. The molecule has 0 aromatic heterocycles. The van der Waals surface area contributed by atoms with Gasteiger partial charge in [-0.05, 0) is 83.5 Å². The van der Waals surface area contributed by atoms with E-state index < -0.39 is 24.3 Å². The van der Waals surface area contributed by atoms with Gasteiger partial charge in [-0.2, -0.15) is 0 Å². The van der Waals surface area contributed by atoms with Crippen molar-refractivity contribution in [2.75, 3.05) is 47.5 Å². The topological polar surface area (TPSA) is 111 Å². The summed E-state index contributed by atoms with van der Waals surface area (Å²) in [6.45, 7) is 4.65. The standard InChI is InChI=1S/C70H125NO8/c1-6-8-10-12-14-16-18-20-22-24-26-28-29-30-31-32-33-34-35-36-37-38-39-41-43-45-47-49-51-53-55-57-59-61-68(73)79-66(65-78-70(69(74)75)76-63-62-71(3,4)5)64-77-67(72)60-58-56-54-52-50-48-46-44-42-40-27-25-23-21-19-17-15-13-11-9-7-2/h8,10,14,16,19-22,25-28,66,70H,6-7,9,11-13,15,17-18,23-24,29-65H2,1-5H3/b10-8-,16-14-,21-19-,22-20-,27-25-,28-26-. The normalized spacial score (nSPS) is 13.2. The Balaban J connectivity index is 4.10. The molecule has 0 spiro atoms. The summed E-state index contributed by atoms with van der Waals surface area (Å²) in [6, 6.07) is 0. The number of unbranched alkanes of at least 4 members (excludes halogenated alkanes) is 34. The van der Waals surface area contributed by atoms with Gasteiger partial charge in [-0.1, -0.05) is 273 Å². The van der Waals surface area contributed by atoms with Crippen molar-refractivity contribution in [1.82, 2.24) is 0 Å². The van der Waals surface area contributed by atoms with Crippen LogP contribution in [0, 0.1) is 0 Å². The van der Waals surface area contributed by atoms with E-state index in [1.807, 2.05) is 21.1 Å². The maximum absolute atomic E-state index is 12.9. The van der Waals surface area contributed by atoms with Gasteiger partial charge in [-0.3, -0.25) is 9.59 Å². The molecule has 0 bridgehead atoms. The highest BCUT2D eigenvalue weighted by molar-refractivity contribution is 5.70. The molecule has 0 rings (SSSR count). The van der Waals surface area contributed by atoms with Crippen LogP contribution in [0.25, 0.3) is 0 Å². The zero-order chi connectivity index (χ0) is 57.6. The highest BCUT2D eigenvalue weighted by Gasteiger charge is 2.22. The van der Waals surface area contributed by atoms with Crippen molar-refractivity contribution in [2.45, 2.75) is 309 Å². The smallest absolute Gasteiger partial charge is 0.306 e. The summed E-state index contributed by atoms with van der Waals surface area (Å²) in [6.07, 6.45) is 76.9. The number of hydrogen-bond donors (Lipinski definition) is 0. The highest BCUT2D eigenvalue weighted by atomic mass is 16.7. The molecule has 0 aliphatic heterocycles. The van der Waals surface area contributed by atoms with E-state index in [-0.39, 0.29) is 38.6 Å². The van der Waals surface area contributed by atoms with Crippen molar-refractivity contribution in [1.29, 1.82) is 0 Å². The van der Waals surface area contributed by atoms with Gasteiger partial charge in [0.25, 0.3) is 0 Å². The van der Waals surface area contributed by atoms with E-state index in [9.17, 15) is 19.5 Å². The van der Waals surface area contributed by atoms with Crippen molar-refractivity contribution in [3.05, 3.63) is 72.9 Å². The van der Waals surface area contributed by atoms with Crippen molar-refractivity contribution in [2.24, 2.45) is 0 Å². The maximum atomic E-state index is 12.9. The number of rotatable bonds is 61. The number of ether oxygens (including phenoxy) is 4. The molecule has 0 fully saturated rings. The molecule has 0 radical (unpaired) electrons. The number of carboxylic acids is 1. The van der Waals surface area contributed by atoms with E-state index >= 15 is 0 Å². The Kier molecular flexibility index (Phi) is 58.3. The van der Waals surface area contributed by atoms with E-state index in [0.717, 1.165) is 64.2 Å². The lowest BCUT2D eigenvalue weighted by atomic mass is 10.0. The van der Waals surface area contributed by atoms with E-state index in [2.05, 4.69) is 86.8 Å². The first kappa shape index (κ1) is 75.7. The van der Waals surface area contributed by atoms with E-state index in [1.165, 1.54) is 199 Å². The number of aliphatic carboxylic acids is 1. The van der Waals surface area contributed by atoms with Crippen LogP contribution >= 0.6 is 0 Å². The fraction of sp³-hybridized carbons (Fsp3) is 0.786. The Hall–Kier alpha value is -3.27. The molecule has 0 saturated heterocycles. The molecule has 2 atom stereocenters. The Morgan fingerprint density at radius 3 is 1.08 bits per heavy atom.